The second-order valence-electron chi connectivity index (χ2n) is 4.43. The number of hydrogen-bond donors (Lipinski definition) is 2. The van der Waals surface area contributed by atoms with Gasteiger partial charge in [0.2, 0.25) is 5.76 Å². The second kappa shape index (κ2) is 7.43. The first-order chi connectivity index (χ1) is 10.2. The third-order valence-corrected chi connectivity index (χ3v) is 2.71. The van der Waals surface area contributed by atoms with Gasteiger partial charge in [-0.3, -0.25) is 0 Å². The van der Waals surface area contributed by atoms with Gasteiger partial charge in [0.05, 0.1) is 6.54 Å². The van der Waals surface area contributed by atoms with Crippen molar-refractivity contribution in [2.24, 2.45) is 0 Å². The predicted octanol–water partition coefficient (Wildman–Crippen LogP) is 1.82. The van der Waals surface area contributed by atoms with E-state index in [4.69, 9.17) is 14.4 Å². The van der Waals surface area contributed by atoms with Gasteiger partial charge in [0, 0.05) is 6.54 Å². The molecular weight excluding hydrogens is 275 g/mol. The van der Waals surface area contributed by atoms with E-state index in [1.165, 1.54) is 24.3 Å². The Kier molecular flexibility index (Phi) is 5.32. The number of nitriles is 1. The van der Waals surface area contributed by atoms with Gasteiger partial charge in [-0.15, -0.1) is 0 Å². The van der Waals surface area contributed by atoms with Crippen LogP contribution >= 0.6 is 0 Å². The standard InChI is InChI=1S/C15H15FN2O3/c16-11-1-3-13(4-2-11)20-10-12(19)8-18-9-15-6-5-14(7-17)21-15/h1-6,12,18-19H,8-10H2. The van der Waals surface area contributed by atoms with E-state index in [1.807, 2.05) is 6.07 Å². The molecule has 1 unspecified atom stereocenters. The molecule has 1 aromatic carbocycles. The maximum Gasteiger partial charge on any atom is 0.203 e. The second-order valence-corrected chi connectivity index (χ2v) is 4.43. The van der Waals surface area contributed by atoms with Crippen molar-refractivity contribution in [3.8, 4) is 11.8 Å². The topological polar surface area (TPSA) is 78.4 Å². The molecule has 21 heavy (non-hydrogen) atoms. The smallest absolute Gasteiger partial charge is 0.203 e. The normalized spacial score (nSPS) is 11.9. The summed E-state index contributed by atoms with van der Waals surface area (Å²) in [6.45, 7) is 0.819. The SMILES string of the molecule is N#Cc1ccc(CNCC(O)COc2ccc(F)cc2)o1. The number of hydrogen-bond acceptors (Lipinski definition) is 5. The van der Waals surface area contributed by atoms with Crippen LogP contribution in [0, 0.1) is 17.1 Å². The van der Waals surface area contributed by atoms with Crippen LogP contribution in [0.5, 0.6) is 5.75 Å². The highest BCUT2D eigenvalue weighted by atomic mass is 19.1. The molecule has 1 aromatic heterocycles. The summed E-state index contributed by atoms with van der Waals surface area (Å²) >= 11 is 0. The summed E-state index contributed by atoms with van der Waals surface area (Å²) in [5.41, 5.74) is 0. The number of ether oxygens (including phenoxy) is 1. The minimum absolute atomic E-state index is 0.0975. The molecule has 6 heteroatoms. The van der Waals surface area contributed by atoms with Gasteiger partial charge in [0.1, 0.15) is 36.1 Å². The van der Waals surface area contributed by atoms with Crippen molar-refractivity contribution in [1.29, 1.82) is 5.26 Å². The molecule has 0 radical (unpaired) electrons. The summed E-state index contributed by atoms with van der Waals surface area (Å²) in [4.78, 5) is 0. The summed E-state index contributed by atoms with van der Waals surface area (Å²) in [6.07, 6.45) is -0.708. The monoisotopic (exact) mass is 290 g/mol. The molecule has 0 bridgehead atoms. The lowest BCUT2D eigenvalue weighted by molar-refractivity contribution is 0.105. The average Bonchev–Trinajstić information content (AvgIpc) is 2.95. The van der Waals surface area contributed by atoms with Gasteiger partial charge >= 0.3 is 0 Å². The molecule has 5 nitrogen and oxygen atoms in total. The summed E-state index contributed by atoms with van der Waals surface area (Å²) < 4.78 is 23.2. The highest BCUT2D eigenvalue weighted by Crippen LogP contribution is 2.11. The molecule has 0 aliphatic carbocycles. The van der Waals surface area contributed by atoms with Gasteiger partial charge in [-0.2, -0.15) is 5.26 Å². The van der Waals surface area contributed by atoms with Crippen LogP contribution in [0.2, 0.25) is 0 Å². The Labute approximate surface area is 121 Å². The number of nitrogens with one attached hydrogen (secondary N) is 1. The Balaban J connectivity index is 1.66. The van der Waals surface area contributed by atoms with Crippen molar-refractivity contribution in [2.45, 2.75) is 12.6 Å². The van der Waals surface area contributed by atoms with Crippen molar-refractivity contribution < 1.29 is 18.7 Å². The molecule has 1 heterocycles. The zero-order chi connectivity index (χ0) is 15.1. The number of nitrogens with zero attached hydrogens (tertiary/aromatic N) is 1. The number of benzene rings is 1. The summed E-state index contributed by atoms with van der Waals surface area (Å²) in [6, 6.07) is 10.8. The van der Waals surface area contributed by atoms with Gasteiger partial charge in [-0.05, 0) is 36.4 Å². The number of furan rings is 1. The first-order valence-corrected chi connectivity index (χ1v) is 6.43. The van der Waals surface area contributed by atoms with Crippen LogP contribution in [0.15, 0.2) is 40.8 Å². The summed E-state index contributed by atoms with van der Waals surface area (Å²) in [5.74, 6) is 1.05. The van der Waals surface area contributed by atoms with Crippen LogP contribution in [0.4, 0.5) is 4.39 Å². The van der Waals surface area contributed by atoms with E-state index in [0.29, 0.717) is 24.6 Å². The number of halogens is 1. The van der Waals surface area contributed by atoms with Crippen LogP contribution in [-0.2, 0) is 6.54 Å². The molecule has 2 rings (SSSR count). The predicted molar refractivity (Wildman–Crippen MR) is 73.0 cm³/mol. The summed E-state index contributed by atoms with van der Waals surface area (Å²) in [5, 5.41) is 21.4. The fourth-order valence-electron chi connectivity index (χ4n) is 1.68. The van der Waals surface area contributed by atoms with Crippen LogP contribution in [-0.4, -0.2) is 24.4 Å². The highest BCUT2D eigenvalue weighted by Gasteiger charge is 2.06. The minimum atomic E-state index is -0.708. The van der Waals surface area contributed by atoms with Crippen molar-refractivity contribution in [3.63, 3.8) is 0 Å². The van der Waals surface area contributed by atoms with Gasteiger partial charge in [0.15, 0.2) is 0 Å². The van der Waals surface area contributed by atoms with Gasteiger partial charge < -0.3 is 19.6 Å². The summed E-state index contributed by atoms with van der Waals surface area (Å²) in [7, 11) is 0. The molecule has 0 spiro atoms. The van der Waals surface area contributed by atoms with Crippen LogP contribution < -0.4 is 10.1 Å². The van der Waals surface area contributed by atoms with Crippen LogP contribution in [0.25, 0.3) is 0 Å². The van der Waals surface area contributed by atoms with Gasteiger partial charge in [-0.25, -0.2) is 4.39 Å². The van der Waals surface area contributed by atoms with Gasteiger partial charge in [0.25, 0.3) is 0 Å². The maximum atomic E-state index is 12.7. The van der Waals surface area contributed by atoms with E-state index >= 15 is 0 Å². The fourth-order valence-corrected chi connectivity index (χ4v) is 1.68. The Morgan fingerprint density at radius 2 is 2.05 bits per heavy atom. The molecule has 0 fully saturated rings. The van der Waals surface area contributed by atoms with Crippen molar-refractivity contribution in [2.75, 3.05) is 13.2 Å². The fraction of sp³-hybridized carbons (Fsp3) is 0.267. The van der Waals surface area contributed by atoms with Crippen molar-refractivity contribution >= 4 is 0 Å². The Hall–Kier alpha value is -2.36. The molecule has 0 amide bonds. The third-order valence-electron chi connectivity index (χ3n) is 2.71. The molecule has 2 N–H and O–H groups in total. The zero-order valence-electron chi connectivity index (χ0n) is 11.3. The zero-order valence-corrected chi connectivity index (χ0v) is 11.3. The molecule has 0 aliphatic heterocycles. The average molecular weight is 290 g/mol. The number of aliphatic hydroxyl groups is 1. The largest absolute Gasteiger partial charge is 0.491 e. The molecule has 0 aliphatic rings. The Bertz CT molecular complexity index is 604. The maximum absolute atomic E-state index is 12.7. The first-order valence-electron chi connectivity index (χ1n) is 6.43. The molecule has 0 saturated heterocycles. The lowest BCUT2D eigenvalue weighted by Crippen LogP contribution is -2.31. The van der Waals surface area contributed by atoms with E-state index in [0.717, 1.165) is 0 Å². The van der Waals surface area contributed by atoms with E-state index < -0.39 is 6.10 Å². The van der Waals surface area contributed by atoms with E-state index in [2.05, 4.69) is 5.32 Å². The van der Waals surface area contributed by atoms with Crippen molar-refractivity contribution in [1.82, 2.24) is 5.32 Å². The lowest BCUT2D eigenvalue weighted by atomic mass is 10.3. The molecule has 1 atom stereocenters. The van der Waals surface area contributed by atoms with E-state index in [9.17, 15) is 9.50 Å². The van der Waals surface area contributed by atoms with E-state index in [1.54, 1.807) is 12.1 Å². The molecule has 0 saturated carbocycles. The molecule has 2 aromatic rings. The Morgan fingerprint density at radius 1 is 1.29 bits per heavy atom. The minimum Gasteiger partial charge on any atom is -0.491 e. The van der Waals surface area contributed by atoms with Crippen molar-refractivity contribution in [3.05, 3.63) is 53.7 Å². The molecule has 110 valence electrons. The van der Waals surface area contributed by atoms with Crippen LogP contribution in [0.1, 0.15) is 11.5 Å². The van der Waals surface area contributed by atoms with Crippen LogP contribution in [0.3, 0.4) is 0 Å². The molecular formula is C15H15FN2O3. The first kappa shape index (κ1) is 15.0. The highest BCUT2D eigenvalue weighted by molar-refractivity contribution is 5.22. The quantitative estimate of drug-likeness (QED) is 0.813. The van der Waals surface area contributed by atoms with Gasteiger partial charge in [-0.1, -0.05) is 0 Å². The third kappa shape index (κ3) is 4.91. The Morgan fingerprint density at radius 3 is 2.71 bits per heavy atom. The lowest BCUT2D eigenvalue weighted by Gasteiger charge is -2.12. The number of rotatable bonds is 7. The van der Waals surface area contributed by atoms with E-state index in [-0.39, 0.29) is 18.2 Å². The number of aliphatic hydroxyl groups excluding tert-OH is 1.